The van der Waals surface area contributed by atoms with E-state index in [9.17, 15) is 0 Å². The number of aromatic amines is 1. The summed E-state index contributed by atoms with van der Waals surface area (Å²) in [5.41, 5.74) is 8.61. The van der Waals surface area contributed by atoms with E-state index in [-0.39, 0.29) is 5.41 Å². The molecule has 1 aromatic heterocycles. The number of rotatable bonds is 3. The van der Waals surface area contributed by atoms with Crippen molar-refractivity contribution in [1.29, 1.82) is 0 Å². The van der Waals surface area contributed by atoms with Crippen molar-refractivity contribution in [1.82, 2.24) is 10.2 Å². The number of hydrogen-bond acceptors (Lipinski definition) is 4. The smallest absolute Gasteiger partial charge is 0.127 e. The third-order valence-electron chi connectivity index (χ3n) is 3.29. The lowest BCUT2D eigenvalue weighted by Crippen LogP contribution is -2.13. The van der Waals surface area contributed by atoms with Crippen LogP contribution >= 0.6 is 0 Å². The predicted molar refractivity (Wildman–Crippen MR) is 80.2 cm³/mol. The highest BCUT2D eigenvalue weighted by Gasteiger charge is 2.23. The molecule has 20 heavy (non-hydrogen) atoms. The van der Waals surface area contributed by atoms with E-state index >= 15 is 0 Å². The molecule has 0 saturated heterocycles. The Morgan fingerprint density at radius 2 is 1.70 bits per heavy atom. The van der Waals surface area contributed by atoms with Gasteiger partial charge in [0.2, 0.25) is 0 Å². The van der Waals surface area contributed by atoms with Crippen LogP contribution in [0.4, 0.5) is 5.82 Å². The molecule has 0 aliphatic heterocycles. The summed E-state index contributed by atoms with van der Waals surface area (Å²) in [5, 5.41) is 6.69. The minimum absolute atomic E-state index is 0.0426. The zero-order valence-corrected chi connectivity index (χ0v) is 12.6. The number of benzene rings is 1. The van der Waals surface area contributed by atoms with Crippen molar-refractivity contribution >= 4 is 5.82 Å². The second-order valence-electron chi connectivity index (χ2n) is 5.70. The zero-order valence-electron chi connectivity index (χ0n) is 12.6. The summed E-state index contributed by atoms with van der Waals surface area (Å²) in [7, 11) is 3.31. The largest absolute Gasteiger partial charge is 0.496 e. The molecule has 108 valence electrons. The molecule has 1 aromatic carbocycles. The van der Waals surface area contributed by atoms with Crippen LogP contribution in [0.1, 0.15) is 26.3 Å². The third kappa shape index (κ3) is 2.43. The first kappa shape index (κ1) is 14.2. The number of nitrogens with zero attached hydrogens (tertiary/aromatic N) is 1. The minimum atomic E-state index is -0.0426. The van der Waals surface area contributed by atoms with E-state index in [4.69, 9.17) is 15.2 Å². The number of nitrogen functional groups attached to an aromatic ring is 1. The Morgan fingerprint density at radius 1 is 1.05 bits per heavy atom. The van der Waals surface area contributed by atoms with E-state index in [1.165, 1.54) is 0 Å². The molecule has 0 radical (unpaired) electrons. The van der Waals surface area contributed by atoms with Crippen LogP contribution < -0.4 is 15.2 Å². The van der Waals surface area contributed by atoms with Crippen molar-refractivity contribution in [2.75, 3.05) is 20.0 Å². The maximum atomic E-state index is 5.90. The van der Waals surface area contributed by atoms with Crippen LogP contribution in [0.25, 0.3) is 11.1 Å². The standard InChI is InChI=1S/C15H21N3O2/c1-15(2,3)11-7-12(19-4)9(6-13(11)20-5)10-8-17-18-14(10)16/h6-8H,1-5H3,(H3,16,17,18). The molecule has 0 unspecified atom stereocenters. The number of nitrogens with two attached hydrogens (primary N) is 1. The van der Waals surface area contributed by atoms with Gasteiger partial charge in [0.1, 0.15) is 17.3 Å². The summed E-state index contributed by atoms with van der Waals surface area (Å²) in [6.07, 6.45) is 1.68. The molecule has 2 aromatic rings. The molecule has 5 heteroatoms. The number of aromatic nitrogens is 2. The van der Waals surface area contributed by atoms with Gasteiger partial charge in [-0.3, -0.25) is 5.10 Å². The van der Waals surface area contributed by atoms with E-state index in [0.717, 1.165) is 28.2 Å². The molecule has 0 fully saturated rings. The molecule has 1 heterocycles. The van der Waals surface area contributed by atoms with E-state index < -0.39 is 0 Å². The summed E-state index contributed by atoms with van der Waals surface area (Å²) in [4.78, 5) is 0. The van der Waals surface area contributed by atoms with Gasteiger partial charge in [-0.05, 0) is 17.5 Å². The van der Waals surface area contributed by atoms with Gasteiger partial charge in [-0.25, -0.2) is 0 Å². The monoisotopic (exact) mass is 275 g/mol. The summed E-state index contributed by atoms with van der Waals surface area (Å²) in [6, 6.07) is 3.95. The van der Waals surface area contributed by atoms with Crippen LogP contribution in [0.2, 0.25) is 0 Å². The Kier molecular flexibility index (Phi) is 3.61. The molecule has 2 rings (SSSR count). The highest BCUT2D eigenvalue weighted by molar-refractivity contribution is 5.80. The molecule has 5 nitrogen and oxygen atoms in total. The van der Waals surface area contributed by atoms with Crippen LogP contribution in [0.3, 0.4) is 0 Å². The molecule has 0 saturated carbocycles. The molecular weight excluding hydrogens is 254 g/mol. The van der Waals surface area contributed by atoms with E-state index in [0.29, 0.717) is 5.82 Å². The maximum Gasteiger partial charge on any atom is 0.127 e. The SMILES string of the molecule is COc1cc(C(C)(C)C)c(OC)cc1-c1cn[nH]c1N. The van der Waals surface area contributed by atoms with E-state index in [2.05, 4.69) is 31.0 Å². The van der Waals surface area contributed by atoms with Crippen molar-refractivity contribution in [3.63, 3.8) is 0 Å². The van der Waals surface area contributed by atoms with E-state index in [1.54, 1.807) is 20.4 Å². The van der Waals surface area contributed by atoms with E-state index in [1.807, 2.05) is 12.1 Å². The van der Waals surface area contributed by atoms with Crippen LogP contribution in [0, 0.1) is 0 Å². The van der Waals surface area contributed by atoms with Gasteiger partial charge in [-0.15, -0.1) is 0 Å². The maximum absolute atomic E-state index is 5.90. The Hall–Kier alpha value is -2.17. The van der Waals surface area contributed by atoms with Crippen molar-refractivity contribution in [3.05, 3.63) is 23.9 Å². The van der Waals surface area contributed by atoms with Crippen molar-refractivity contribution in [2.24, 2.45) is 0 Å². The lowest BCUT2D eigenvalue weighted by atomic mass is 9.85. The Balaban J connectivity index is 2.68. The van der Waals surface area contributed by atoms with Gasteiger partial charge in [0, 0.05) is 16.7 Å². The number of anilines is 1. The Bertz CT molecular complexity index is 612. The van der Waals surface area contributed by atoms with Gasteiger partial charge in [0.15, 0.2) is 0 Å². The van der Waals surface area contributed by atoms with Crippen LogP contribution in [-0.2, 0) is 5.41 Å². The molecule has 0 amide bonds. The number of hydrogen-bond donors (Lipinski definition) is 2. The first-order chi connectivity index (χ1) is 9.38. The zero-order chi connectivity index (χ0) is 14.9. The fourth-order valence-corrected chi connectivity index (χ4v) is 2.21. The third-order valence-corrected chi connectivity index (χ3v) is 3.29. The van der Waals surface area contributed by atoms with Crippen molar-refractivity contribution in [2.45, 2.75) is 26.2 Å². The molecule has 0 spiro atoms. The van der Waals surface area contributed by atoms with Gasteiger partial charge in [0.05, 0.1) is 20.4 Å². The quantitative estimate of drug-likeness (QED) is 0.903. The minimum Gasteiger partial charge on any atom is -0.496 e. The normalized spacial score (nSPS) is 11.4. The van der Waals surface area contributed by atoms with Crippen LogP contribution in [-0.4, -0.2) is 24.4 Å². The van der Waals surface area contributed by atoms with Gasteiger partial charge in [0.25, 0.3) is 0 Å². The number of methoxy groups -OCH3 is 2. The van der Waals surface area contributed by atoms with Gasteiger partial charge in [-0.2, -0.15) is 5.10 Å². The fraction of sp³-hybridized carbons (Fsp3) is 0.400. The average Bonchev–Trinajstić information content (AvgIpc) is 2.82. The lowest BCUT2D eigenvalue weighted by Gasteiger charge is -2.24. The first-order valence-corrected chi connectivity index (χ1v) is 6.44. The molecule has 0 atom stereocenters. The second kappa shape index (κ2) is 5.07. The van der Waals surface area contributed by atoms with Crippen molar-refractivity contribution < 1.29 is 9.47 Å². The number of H-pyrrole nitrogens is 1. The second-order valence-corrected chi connectivity index (χ2v) is 5.70. The predicted octanol–water partition coefficient (Wildman–Crippen LogP) is 2.97. The van der Waals surface area contributed by atoms with Crippen LogP contribution in [0.5, 0.6) is 11.5 Å². The van der Waals surface area contributed by atoms with Gasteiger partial charge in [-0.1, -0.05) is 20.8 Å². The summed E-state index contributed by atoms with van der Waals surface area (Å²) >= 11 is 0. The summed E-state index contributed by atoms with van der Waals surface area (Å²) in [6.45, 7) is 6.41. The number of ether oxygens (including phenoxy) is 2. The molecule has 0 bridgehead atoms. The number of nitrogens with one attached hydrogen (secondary N) is 1. The van der Waals surface area contributed by atoms with Crippen LogP contribution in [0.15, 0.2) is 18.3 Å². The average molecular weight is 275 g/mol. The van der Waals surface area contributed by atoms with Gasteiger partial charge >= 0.3 is 0 Å². The summed E-state index contributed by atoms with van der Waals surface area (Å²) < 4.78 is 11.0. The Labute approximate surface area is 119 Å². The Morgan fingerprint density at radius 3 is 2.15 bits per heavy atom. The highest BCUT2D eigenvalue weighted by Crippen LogP contribution is 2.41. The highest BCUT2D eigenvalue weighted by atomic mass is 16.5. The molecule has 0 aliphatic rings. The first-order valence-electron chi connectivity index (χ1n) is 6.44. The molecule has 0 aliphatic carbocycles. The molecule has 3 N–H and O–H groups in total. The lowest BCUT2D eigenvalue weighted by molar-refractivity contribution is 0.389. The molecular formula is C15H21N3O2. The van der Waals surface area contributed by atoms with Gasteiger partial charge < -0.3 is 15.2 Å². The van der Waals surface area contributed by atoms with Crippen molar-refractivity contribution in [3.8, 4) is 22.6 Å². The topological polar surface area (TPSA) is 73.2 Å². The summed E-state index contributed by atoms with van der Waals surface area (Å²) in [5.74, 6) is 2.08. The fourth-order valence-electron chi connectivity index (χ4n) is 2.21.